The van der Waals surface area contributed by atoms with Crippen molar-refractivity contribution in [3.05, 3.63) is 46.3 Å². The van der Waals surface area contributed by atoms with Gasteiger partial charge in [-0.3, -0.25) is 4.72 Å². The predicted octanol–water partition coefficient (Wildman–Crippen LogP) is 2.75. The fourth-order valence-electron chi connectivity index (χ4n) is 2.44. The molecule has 0 amide bonds. The van der Waals surface area contributed by atoms with Gasteiger partial charge in [-0.2, -0.15) is 0 Å². The number of rotatable bonds is 10. The molecule has 28 heavy (non-hydrogen) atoms. The summed E-state index contributed by atoms with van der Waals surface area (Å²) < 4.78 is 56.0. The van der Waals surface area contributed by atoms with Crippen molar-refractivity contribution in [1.82, 2.24) is 9.55 Å². The molecule has 0 atom stereocenters. The summed E-state index contributed by atoms with van der Waals surface area (Å²) in [5.41, 5.74) is -0.757. The van der Waals surface area contributed by atoms with Crippen LogP contribution in [0.15, 0.2) is 24.5 Å². The van der Waals surface area contributed by atoms with Crippen LogP contribution in [0, 0.1) is 21.7 Å². The summed E-state index contributed by atoms with van der Waals surface area (Å²) in [6.45, 7) is 0.273. The second-order valence-corrected chi connectivity index (χ2v) is 7.90. The molecule has 154 valence electrons. The molecule has 0 spiro atoms. The van der Waals surface area contributed by atoms with Crippen LogP contribution in [0.1, 0.15) is 0 Å². The Hall–Kier alpha value is -2.18. The number of halogens is 4. The molecule has 0 bridgehead atoms. The van der Waals surface area contributed by atoms with E-state index >= 15 is 0 Å². The van der Waals surface area contributed by atoms with Crippen LogP contribution >= 0.6 is 23.2 Å². The van der Waals surface area contributed by atoms with Crippen molar-refractivity contribution < 1.29 is 22.1 Å². The molecule has 0 saturated heterocycles. The summed E-state index contributed by atoms with van der Waals surface area (Å²) in [4.78, 5) is 14.7. The quantitative estimate of drug-likeness (QED) is 0.333. The van der Waals surface area contributed by atoms with Gasteiger partial charge in [0, 0.05) is 37.0 Å². The highest BCUT2D eigenvalue weighted by molar-refractivity contribution is 7.91. The van der Waals surface area contributed by atoms with Crippen molar-refractivity contribution in [3.8, 4) is 0 Å². The largest absolute Gasteiger partial charge is 0.435 e. The van der Waals surface area contributed by atoms with Crippen LogP contribution in [-0.4, -0.2) is 47.7 Å². The van der Waals surface area contributed by atoms with Crippen molar-refractivity contribution in [2.75, 3.05) is 34.5 Å². The first-order valence-electron chi connectivity index (χ1n) is 7.70. The molecule has 0 saturated carbocycles. The highest BCUT2D eigenvalue weighted by atomic mass is 35.5. The van der Waals surface area contributed by atoms with Crippen LogP contribution in [0.3, 0.4) is 0 Å². The summed E-state index contributed by atoms with van der Waals surface area (Å²) >= 11 is 11.3. The summed E-state index contributed by atoms with van der Waals surface area (Å²) in [6.07, 6.45) is 2.15. The Morgan fingerprint density at radius 1 is 1.21 bits per heavy atom. The number of benzene rings is 1. The van der Waals surface area contributed by atoms with Gasteiger partial charge in [0.1, 0.15) is 18.1 Å². The Kier molecular flexibility index (Phi) is 7.38. The Labute approximate surface area is 169 Å². The van der Waals surface area contributed by atoms with Gasteiger partial charge >= 0.3 is 5.95 Å². The van der Waals surface area contributed by atoms with Gasteiger partial charge in [-0.25, -0.2) is 21.8 Å². The SMILES string of the molecule is O=[N+]([O-])c1nccn1CS(=O)(=O)Nc1cc(F)c(N(CCCl)CCCl)c(F)c1. The third kappa shape index (κ3) is 5.42. The Morgan fingerprint density at radius 3 is 2.29 bits per heavy atom. The van der Waals surface area contributed by atoms with Crippen LogP contribution in [-0.2, 0) is 15.9 Å². The molecule has 1 aromatic heterocycles. The fourth-order valence-corrected chi connectivity index (χ4v) is 3.95. The van der Waals surface area contributed by atoms with E-state index in [-0.39, 0.29) is 36.2 Å². The van der Waals surface area contributed by atoms with Gasteiger partial charge in [0.2, 0.25) is 0 Å². The Bertz CT molecular complexity index is 928. The minimum atomic E-state index is -4.22. The van der Waals surface area contributed by atoms with E-state index < -0.39 is 38.4 Å². The number of nitrogens with zero attached hydrogens (tertiary/aromatic N) is 4. The van der Waals surface area contributed by atoms with Crippen LogP contribution in [0.2, 0.25) is 0 Å². The number of aromatic nitrogens is 2. The standard InChI is InChI=1S/C14H15Cl2F2N5O4S/c15-1-4-21(5-2-16)13-11(17)7-10(8-12(13)18)20-28(26,27)9-22-6-3-19-14(22)23(24)25/h3,6-8,20H,1-2,4-5,9H2. The molecule has 0 fully saturated rings. The molecule has 14 heteroatoms. The molecule has 0 radical (unpaired) electrons. The molecular weight excluding hydrogens is 443 g/mol. The zero-order chi connectivity index (χ0) is 20.9. The molecule has 2 aromatic rings. The lowest BCUT2D eigenvalue weighted by Gasteiger charge is -2.24. The fraction of sp³-hybridized carbons (Fsp3) is 0.357. The zero-order valence-corrected chi connectivity index (χ0v) is 16.5. The van der Waals surface area contributed by atoms with E-state index in [1.807, 2.05) is 4.72 Å². The number of anilines is 2. The first kappa shape index (κ1) is 22.1. The summed E-state index contributed by atoms with van der Waals surface area (Å²) in [5, 5.41) is 10.8. The van der Waals surface area contributed by atoms with Crippen molar-refractivity contribution in [2.24, 2.45) is 0 Å². The van der Waals surface area contributed by atoms with Crippen LogP contribution < -0.4 is 9.62 Å². The van der Waals surface area contributed by atoms with Crippen molar-refractivity contribution in [2.45, 2.75) is 5.88 Å². The van der Waals surface area contributed by atoms with Gasteiger partial charge in [-0.15, -0.1) is 23.2 Å². The first-order chi connectivity index (χ1) is 13.2. The number of hydrogen-bond acceptors (Lipinski definition) is 6. The molecule has 1 heterocycles. The third-order valence-corrected chi connectivity index (χ3v) is 4.98. The smallest absolute Gasteiger partial charge is 0.390 e. The lowest BCUT2D eigenvalue weighted by atomic mass is 10.2. The van der Waals surface area contributed by atoms with E-state index in [9.17, 15) is 27.3 Å². The minimum absolute atomic E-state index is 0.105. The summed E-state index contributed by atoms with van der Waals surface area (Å²) in [7, 11) is -4.22. The van der Waals surface area contributed by atoms with E-state index in [2.05, 4.69) is 4.98 Å². The number of nitrogens with one attached hydrogen (secondary N) is 1. The predicted molar refractivity (Wildman–Crippen MR) is 101 cm³/mol. The van der Waals surface area contributed by atoms with Gasteiger partial charge in [-0.1, -0.05) is 4.98 Å². The number of imidazole rings is 1. The maximum absolute atomic E-state index is 14.4. The van der Waals surface area contributed by atoms with E-state index in [1.54, 1.807) is 0 Å². The van der Waals surface area contributed by atoms with Crippen molar-refractivity contribution in [3.63, 3.8) is 0 Å². The van der Waals surface area contributed by atoms with E-state index in [0.717, 1.165) is 29.1 Å². The van der Waals surface area contributed by atoms with Gasteiger partial charge in [0.15, 0.2) is 17.5 Å². The molecule has 9 nitrogen and oxygen atoms in total. The number of sulfonamides is 1. The first-order valence-corrected chi connectivity index (χ1v) is 10.4. The average Bonchev–Trinajstić information content (AvgIpc) is 3.01. The zero-order valence-electron chi connectivity index (χ0n) is 14.2. The highest BCUT2D eigenvalue weighted by Gasteiger charge is 2.23. The Morgan fingerprint density at radius 2 is 1.79 bits per heavy atom. The van der Waals surface area contributed by atoms with Crippen molar-refractivity contribution >= 4 is 50.5 Å². The van der Waals surface area contributed by atoms with Gasteiger partial charge in [0.05, 0.1) is 5.69 Å². The molecular formula is C14H15Cl2F2N5O4S. The average molecular weight is 458 g/mol. The normalized spacial score (nSPS) is 11.4. The molecule has 0 aliphatic carbocycles. The van der Waals surface area contributed by atoms with Crippen LogP contribution in [0.25, 0.3) is 0 Å². The van der Waals surface area contributed by atoms with E-state index in [0.29, 0.717) is 0 Å². The molecule has 0 aliphatic heterocycles. The summed E-state index contributed by atoms with van der Waals surface area (Å²) in [5.74, 6) is -3.36. The lowest BCUT2D eigenvalue weighted by molar-refractivity contribution is -0.396. The second-order valence-electron chi connectivity index (χ2n) is 5.45. The number of alkyl halides is 2. The van der Waals surface area contributed by atoms with Crippen molar-refractivity contribution in [1.29, 1.82) is 0 Å². The molecule has 1 N–H and O–H groups in total. The maximum Gasteiger partial charge on any atom is 0.435 e. The van der Waals surface area contributed by atoms with Gasteiger partial charge in [-0.05, 0) is 4.92 Å². The highest BCUT2D eigenvalue weighted by Crippen LogP contribution is 2.28. The van der Waals surface area contributed by atoms with Crippen LogP contribution in [0.5, 0.6) is 0 Å². The third-order valence-electron chi connectivity index (χ3n) is 3.48. The second kappa shape index (κ2) is 9.34. The molecule has 0 aliphatic rings. The lowest BCUT2D eigenvalue weighted by Crippen LogP contribution is -2.29. The topological polar surface area (TPSA) is 110 Å². The monoisotopic (exact) mass is 457 g/mol. The minimum Gasteiger partial charge on any atom is -0.390 e. The molecule has 2 rings (SSSR count). The summed E-state index contributed by atoms with van der Waals surface area (Å²) in [6, 6.07) is 1.60. The van der Waals surface area contributed by atoms with Gasteiger partial charge in [0.25, 0.3) is 10.0 Å². The number of hydrogen-bond donors (Lipinski definition) is 1. The van der Waals surface area contributed by atoms with Crippen LogP contribution in [0.4, 0.5) is 26.1 Å². The van der Waals surface area contributed by atoms with E-state index in [1.165, 1.54) is 4.90 Å². The molecule has 1 aromatic carbocycles. The van der Waals surface area contributed by atoms with Gasteiger partial charge < -0.3 is 15.0 Å². The molecule has 0 unspecified atom stereocenters. The maximum atomic E-state index is 14.4. The number of nitro groups is 1. The Balaban J connectivity index is 2.26. The van der Waals surface area contributed by atoms with E-state index in [4.69, 9.17) is 23.2 Å².